The summed E-state index contributed by atoms with van der Waals surface area (Å²) in [4.78, 5) is 25.3. The van der Waals surface area contributed by atoms with E-state index in [2.05, 4.69) is 0 Å². The van der Waals surface area contributed by atoms with Crippen LogP contribution in [0.1, 0.15) is 32.6 Å². The quantitative estimate of drug-likeness (QED) is 0.574. The van der Waals surface area contributed by atoms with E-state index in [0.717, 1.165) is 25.8 Å². The molecular formula is C12H17NO3. The minimum atomic E-state index is -0.0730. The third kappa shape index (κ3) is 1.28. The second-order valence-corrected chi connectivity index (χ2v) is 5.18. The Kier molecular flexibility index (Phi) is 2.19. The van der Waals surface area contributed by atoms with Crippen LogP contribution in [-0.2, 0) is 14.3 Å². The van der Waals surface area contributed by atoms with Gasteiger partial charge >= 0.3 is 5.97 Å². The fraction of sp³-hybridized carbons (Fsp3) is 0.833. The molecule has 3 rings (SSSR count). The zero-order valence-corrected chi connectivity index (χ0v) is 9.52. The van der Waals surface area contributed by atoms with Crippen LogP contribution in [-0.4, -0.2) is 35.5 Å². The van der Waals surface area contributed by atoms with Gasteiger partial charge in [-0.2, -0.15) is 0 Å². The van der Waals surface area contributed by atoms with E-state index in [1.807, 2.05) is 11.8 Å². The van der Waals surface area contributed by atoms with Gasteiger partial charge in [0.05, 0.1) is 5.92 Å². The Hall–Kier alpha value is -1.06. The highest BCUT2D eigenvalue weighted by Gasteiger charge is 2.51. The molecule has 3 aliphatic rings. The van der Waals surface area contributed by atoms with Crippen molar-refractivity contribution in [1.29, 1.82) is 0 Å². The highest BCUT2D eigenvalue weighted by Crippen LogP contribution is 2.41. The van der Waals surface area contributed by atoms with Crippen LogP contribution in [0.5, 0.6) is 0 Å². The number of hydrogen-bond donors (Lipinski definition) is 0. The molecule has 4 heteroatoms. The zero-order valence-electron chi connectivity index (χ0n) is 9.52. The molecule has 0 saturated carbocycles. The SMILES string of the molecule is CC1C(=O)O[C@@H]2CCCN3C(=O)CC[C@H]3[C@@H]12. The lowest BCUT2D eigenvalue weighted by atomic mass is 9.83. The van der Waals surface area contributed by atoms with Crippen LogP contribution in [0.15, 0.2) is 0 Å². The highest BCUT2D eigenvalue weighted by atomic mass is 16.6. The van der Waals surface area contributed by atoms with Gasteiger partial charge in [0.15, 0.2) is 0 Å². The molecule has 3 fully saturated rings. The van der Waals surface area contributed by atoms with Gasteiger partial charge in [0, 0.05) is 24.9 Å². The predicted molar refractivity (Wildman–Crippen MR) is 56.5 cm³/mol. The minimum Gasteiger partial charge on any atom is -0.462 e. The van der Waals surface area contributed by atoms with Crippen LogP contribution in [0.3, 0.4) is 0 Å². The van der Waals surface area contributed by atoms with Crippen LogP contribution < -0.4 is 0 Å². The molecular weight excluding hydrogens is 206 g/mol. The lowest BCUT2D eigenvalue weighted by molar-refractivity contribution is -0.144. The maximum absolute atomic E-state index is 11.7. The van der Waals surface area contributed by atoms with Gasteiger partial charge < -0.3 is 9.64 Å². The Morgan fingerprint density at radius 1 is 1.31 bits per heavy atom. The standard InChI is InChI=1S/C12H17NO3/c1-7-11-8-4-5-10(14)13(8)6-2-3-9(11)16-12(7)15/h7-9,11H,2-6H2,1H3/t7?,8-,9+,11+/m0/s1. The Labute approximate surface area is 94.9 Å². The van der Waals surface area contributed by atoms with Crippen molar-refractivity contribution in [1.82, 2.24) is 4.90 Å². The van der Waals surface area contributed by atoms with E-state index in [4.69, 9.17) is 4.74 Å². The maximum atomic E-state index is 11.7. The number of hydrogen-bond acceptors (Lipinski definition) is 3. The van der Waals surface area contributed by atoms with Gasteiger partial charge in [-0.15, -0.1) is 0 Å². The molecule has 1 amide bonds. The predicted octanol–water partition coefficient (Wildman–Crippen LogP) is 0.949. The molecule has 1 unspecified atom stereocenters. The van der Waals surface area contributed by atoms with Gasteiger partial charge in [-0.1, -0.05) is 6.92 Å². The molecule has 0 radical (unpaired) electrons. The monoisotopic (exact) mass is 223 g/mol. The molecule has 0 aliphatic carbocycles. The molecule has 0 bridgehead atoms. The molecule has 16 heavy (non-hydrogen) atoms. The van der Waals surface area contributed by atoms with E-state index in [0.29, 0.717) is 6.42 Å². The van der Waals surface area contributed by atoms with Crippen LogP contribution in [0.2, 0.25) is 0 Å². The smallest absolute Gasteiger partial charge is 0.309 e. The minimum absolute atomic E-state index is 0.0403. The molecule has 0 N–H and O–H groups in total. The molecule has 3 saturated heterocycles. The highest BCUT2D eigenvalue weighted by molar-refractivity contribution is 5.80. The summed E-state index contributed by atoms with van der Waals surface area (Å²) in [5.41, 5.74) is 0. The number of carbonyl (C=O) groups excluding carboxylic acids is 2. The summed E-state index contributed by atoms with van der Waals surface area (Å²) < 4.78 is 5.42. The second kappa shape index (κ2) is 3.47. The first-order valence-electron chi connectivity index (χ1n) is 6.18. The maximum Gasteiger partial charge on any atom is 0.309 e. The number of rotatable bonds is 0. The van der Waals surface area contributed by atoms with Gasteiger partial charge in [0.1, 0.15) is 6.10 Å². The van der Waals surface area contributed by atoms with E-state index in [1.54, 1.807) is 0 Å². The van der Waals surface area contributed by atoms with Crippen molar-refractivity contribution in [3.05, 3.63) is 0 Å². The van der Waals surface area contributed by atoms with E-state index >= 15 is 0 Å². The first-order chi connectivity index (χ1) is 7.68. The summed E-state index contributed by atoms with van der Waals surface area (Å²) in [5, 5.41) is 0. The number of carbonyl (C=O) groups is 2. The number of nitrogens with zero attached hydrogens (tertiary/aromatic N) is 1. The number of ether oxygens (including phenoxy) is 1. The molecule has 3 heterocycles. The molecule has 88 valence electrons. The summed E-state index contributed by atoms with van der Waals surface area (Å²) >= 11 is 0. The Morgan fingerprint density at radius 3 is 2.94 bits per heavy atom. The summed E-state index contributed by atoms with van der Waals surface area (Å²) in [7, 11) is 0. The van der Waals surface area contributed by atoms with Crippen molar-refractivity contribution < 1.29 is 14.3 Å². The lowest BCUT2D eigenvalue weighted by Gasteiger charge is -2.29. The molecule has 0 aromatic rings. The van der Waals surface area contributed by atoms with Crippen LogP contribution in [0.25, 0.3) is 0 Å². The fourth-order valence-corrected chi connectivity index (χ4v) is 3.56. The largest absolute Gasteiger partial charge is 0.462 e. The van der Waals surface area contributed by atoms with Gasteiger partial charge in [-0.3, -0.25) is 9.59 Å². The average Bonchev–Trinajstić information content (AvgIpc) is 2.67. The van der Waals surface area contributed by atoms with Crippen LogP contribution in [0.4, 0.5) is 0 Å². The third-order valence-corrected chi connectivity index (χ3v) is 4.35. The summed E-state index contributed by atoms with van der Waals surface area (Å²) in [6, 6.07) is 0.251. The van der Waals surface area contributed by atoms with Gasteiger partial charge in [-0.25, -0.2) is 0 Å². The van der Waals surface area contributed by atoms with Crippen molar-refractivity contribution in [2.75, 3.05) is 6.54 Å². The van der Waals surface area contributed by atoms with Crippen LogP contribution in [0, 0.1) is 11.8 Å². The lowest BCUT2D eigenvalue weighted by Crippen LogP contribution is -2.41. The normalized spacial score (nSPS) is 42.7. The molecule has 0 aromatic heterocycles. The summed E-state index contributed by atoms with van der Waals surface area (Å²) in [5.74, 6) is 0.386. The van der Waals surface area contributed by atoms with Gasteiger partial charge in [-0.05, 0) is 19.3 Å². The first kappa shape index (κ1) is 10.1. The Bertz CT molecular complexity index is 339. The van der Waals surface area contributed by atoms with E-state index < -0.39 is 0 Å². The summed E-state index contributed by atoms with van der Waals surface area (Å²) in [6.45, 7) is 2.79. The van der Waals surface area contributed by atoms with Crippen molar-refractivity contribution in [3.8, 4) is 0 Å². The topological polar surface area (TPSA) is 46.6 Å². The number of fused-ring (bicyclic) bond motifs is 3. The molecule has 3 aliphatic heterocycles. The number of esters is 1. The molecule has 4 atom stereocenters. The molecule has 0 aromatic carbocycles. The van der Waals surface area contributed by atoms with Gasteiger partial charge in [0.2, 0.25) is 5.91 Å². The van der Waals surface area contributed by atoms with Gasteiger partial charge in [0.25, 0.3) is 0 Å². The Morgan fingerprint density at radius 2 is 2.12 bits per heavy atom. The summed E-state index contributed by atoms with van der Waals surface area (Å²) in [6.07, 6.45) is 3.49. The molecule has 0 spiro atoms. The van der Waals surface area contributed by atoms with E-state index in [1.165, 1.54) is 0 Å². The third-order valence-electron chi connectivity index (χ3n) is 4.35. The van der Waals surface area contributed by atoms with E-state index in [9.17, 15) is 9.59 Å². The van der Waals surface area contributed by atoms with Crippen molar-refractivity contribution in [2.24, 2.45) is 11.8 Å². The number of amides is 1. The first-order valence-corrected chi connectivity index (χ1v) is 6.18. The van der Waals surface area contributed by atoms with E-state index in [-0.39, 0.29) is 35.9 Å². The van der Waals surface area contributed by atoms with Crippen molar-refractivity contribution in [3.63, 3.8) is 0 Å². The fourth-order valence-electron chi connectivity index (χ4n) is 3.56. The van der Waals surface area contributed by atoms with Crippen molar-refractivity contribution in [2.45, 2.75) is 44.8 Å². The van der Waals surface area contributed by atoms with Crippen molar-refractivity contribution >= 4 is 11.9 Å². The Balaban J connectivity index is 1.91. The molecule has 4 nitrogen and oxygen atoms in total. The zero-order chi connectivity index (χ0) is 11.3. The average molecular weight is 223 g/mol. The van der Waals surface area contributed by atoms with Crippen LogP contribution >= 0.6 is 0 Å². The second-order valence-electron chi connectivity index (χ2n) is 5.18.